The quantitative estimate of drug-likeness (QED) is 0.521. The van der Waals surface area contributed by atoms with Gasteiger partial charge in [0.2, 0.25) is 5.90 Å². The van der Waals surface area contributed by atoms with Crippen molar-refractivity contribution in [2.24, 2.45) is 4.99 Å². The summed E-state index contributed by atoms with van der Waals surface area (Å²) in [7, 11) is 1.63. The zero-order valence-corrected chi connectivity index (χ0v) is 16.9. The maximum absolute atomic E-state index is 13.9. The van der Waals surface area contributed by atoms with E-state index in [1.165, 1.54) is 18.2 Å². The summed E-state index contributed by atoms with van der Waals surface area (Å²) in [6.07, 6.45) is 0. The fourth-order valence-corrected chi connectivity index (χ4v) is 3.05. The van der Waals surface area contributed by atoms with Crippen LogP contribution in [0.3, 0.4) is 0 Å². The lowest BCUT2D eigenvalue weighted by atomic mass is 10.2. The van der Waals surface area contributed by atoms with Gasteiger partial charge in [-0.15, -0.1) is 0 Å². The number of rotatable bonds is 8. The summed E-state index contributed by atoms with van der Waals surface area (Å²) in [6.45, 7) is 0.867. The van der Waals surface area contributed by atoms with Crippen molar-refractivity contribution in [1.29, 1.82) is 0 Å². The second-order valence-corrected chi connectivity index (χ2v) is 6.91. The van der Waals surface area contributed by atoms with Crippen LogP contribution in [0.2, 0.25) is 0 Å². The SMILES string of the molecule is COc1ccc(COc2ccc(OCC3COC(c4c(F)cccc4F)=N3)cc2)cc1. The Bertz CT molecular complexity index is 1030. The monoisotopic (exact) mass is 425 g/mol. The maximum atomic E-state index is 13.9. The molecule has 7 heteroatoms. The lowest BCUT2D eigenvalue weighted by Crippen LogP contribution is -2.16. The van der Waals surface area contributed by atoms with Crippen LogP contribution in [0.15, 0.2) is 71.7 Å². The first-order valence-electron chi connectivity index (χ1n) is 9.76. The Morgan fingerprint density at radius 3 is 2.13 bits per heavy atom. The molecule has 0 N–H and O–H groups in total. The molecule has 1 unspecified atom stereocenters. The molecule has 0 saturated heterocycles. The Labute approximate surface area is 178 Å². The lowest BCUT2D eigenvalue weighted by Gasteiger charge is -2.10. The topological polar surface area (TPSA) is 49.3 Å². The molecule has 0 spiro atoms. The van der Waals surface area contributed by atoms with Gasteiger partial charge in [0, 0.05) is 0 Å². The normalized spacial score (nSPS) is 15.2. The van der Waals surface area contributed by atoms with Gasteiger partial charge in [-0.1, -0.05) is 18.2 Å². The van der Waals surface area contributed by atoms with E-state index in [0.717, 1.165) is 11.3 Å². The molecule has 4 rings (SSSR count). The molecule has 0 radical (unpaired) electrons. The molecule has 5 nitrogen and oxygen atoms in total. The van der Waals surface area contributed by atoms with Gasteiger partial charge in [-0.05, 0) is 54.1 Å². The maximum Gasteiger partial charge on any atom is 0.222 e. The van der Waals surface area contributed by atoms with E-state index in [1.54, 1.807) is 19.2 Å². The molecule has 1 aliphatic heterocycles. The van der Waals surface area contributed by atoms with Gasteiger partial charge < -0.3 is 18.9 Å². The first kappa shape index (κ1) is 20.7. The van der Waals surface area contributed by atoms with Crippen molar-refractivity contribution in [1.82, 2.24) is 0 Å². The number of halogens is 2. The number of methoxy groups -OCH3 is 1. The Kier molecular flexibility index (Phi) is 6.31. The standard InChI is InChI=1S/C24H21F2NO4/c1-28-18-7-5-16(6-8-18)13-29-19-9-11-20(12-10-19)30-14-17-15-31-24(27-17)23-21(25)3-2-4-22(23)26/h2-12,17H,13-15H2,1H3. The van der Waals surface area contributed by atoms with E-state index in [-0.39, 0.29) is 30.7 Å². The van der Waals surface area contributed by atoms with Crippen LogP contribution in [0, 0.1) is 11.6 Å². The number of benzene rings is 3. The van der Waals surface area contributed by atoms with E-state index in [1.807, 2.05) is 36.4 Å². The van der Waals surface area contributed by atoms with Crippen LogP contribution in [0.1, 0.15) is 11.1 Å². The summed E-state index contributed by atoms with van der Waals surface area (Å²) in [5.74, 6) is 0.705. The third kappa shape index (κ3) is 5.12. The van der Waals surface area contributed by atoms with Gasteiger partial charge in [0.15, 0.2) is 0 Å². The van der Waals surface area contributed by atoms with Gasteiger partial charge in [-0.25, -0.2) is 13.8 Å². The van der Waals surface area contributed by atoms with E-state index in [2.05, 4.69) is 4.99 Å². The zero-order chi connectivity index (χ0) is 21.6. The fourth-order valence-electron chi connectivity index (χ4n) is 3.05. The molecule has 0 amide bonds. The summed E-state index contributed by atoms with van der Waals surface area (Å²) in [5, 5.41) is 0. The highest BCUT2D eigenvalue weighted by Crippen LogP contribution is 2.22. The van der Waals surface area contributed by atoms with Gasteiger partial charge in [-0.2, -0.15) is 0 Å². The first-order chi connectivity index (χ1) is 15.1. The van der Waals surface area contributed by atoms with E-state index in [9.17, 15) is 8.78 Å². The van der Waals surface area contributed by atoms with Gasteiger partial charge in [0.25, 0.3) is 0 Å². The van der Waals surface area contributed by atoms with Crippen LogP contribution in [-0.4, -0.2) is 32.3 Å². The average molecular weight is 425 g/mol. The van der Waals surface area contributed by atoms with E-state index < -0.39 is 11.6 Å². The van der Waals surface area contributed by atoms with E-state index >= 15 is 0 Å². The smallest absolute Gasteiger partial charge is 0.222 e. The Morgan fingerprint density at radius 2 is 1.48 bits per heavy atom. The Morgan fingerprint density at radius 1 is 0.871 bits per heavy atom. The summed E-state index contributed by atoms with van der Waals surface area (Å²) < 4.78 is 49.8. The molecule has 1 heterocycles. The molecule has 0 bridgehead atoms. The van der Waals surface area contributed by atoms with Crippen LogP contribution in [0.5, 0.6) is 17.2 Å². The van der Waals surface area contributed by atoms with Crippen molar-refractivity contribution in [2.45, 2.75) is 12.6 Å². The van der Waals surface area contributed by atoms with Crippen molar-refractivity contribution < 1.29 is 27.7 Å². The molecule has 1 aliphatic rings. The van der Waals surface area contributed by atoms with Crippen molar-refractivity contribution in [3.05, 3.63) is 89.5 Å². The summed E-state index contributed by atoms with van der Waals surface area (Å²) in [5.41, 5.74) is 0.783. The lowest BCUT2D eigenvalue weighted by molar-refractivity contribution is 0.242. The van der Waals surface area contributed by atoms with E-state index in [0.29, 0.717) is 18.1 Å². The highest BCUT2D eigenvalue weighted by Gasteiger charge is 2.25. The van der Waals surface area contributed by atoms with Gasteiger partial charge in [-0.3, -0.25) is 0 Å². The minimum Gasteiger partial charge on any atom is -0.497 e. The Balaban J connectivity index is 1.29. The number of ether oxygens (including phenoxy) is 4. The number of nitrogens with zero attached hydrogens (tertiary/aromatic N) is 1. The van der Waals surface area contributed by atoms with Crippen LogP contribution < -0.4 is 14.2 Å². The van der Waals surface area contributed by atoms with Crippen LogP contribution in [0.4, 0.5) is 8.78 Å². The predicted molar refractivity (Wildman–Crippen MR) is 112 cm³/mol. The summed E-state index contributed by atoms with van der Waals surface area (Å²) in [6, 6.07) is 18.2. The molecule has 0 aromatic heterocycles. The third-order valence-electron chi connectivity index (χ3n) is 4.72. The second-order valence-electron chi connectivity index (χ2n) is 6.91. The molecule has 3 aromatic carbocycles. The minimum absolute atomic E-state index is 0.0357. The minimum atomic E-state index is -0.703. The molecule has 31 heavy (non-hydrogen) atoms. The molecular formula is C24H21F2NO4. The molecule has 1 atom stereocenters. The highest BCUT2D eigenvalue weighted by molar-refractivity contribution is 5.95. The van der Waals surface area contributed by atoms with Crippen molar-refractivity contribution in [3.63, 3.8) is 0 Å². The second kappa shape index (κ2) is 9.47. The highest BCUT2D eigenvalue weighted by atomic mass is 19.1. The summed E-state index contributed by atoms with van der Waals surface area (Å²) in [4.78, 5) is 4.24. The largest absolute Gasteiger partial charge is 0.497 e. The fraction of sp³-hybridized carbons (Fsp3) is 0.208. The molecule has 0 fully saturated rings. The third-order valence-corrected chi connectivity index (χ3v) is 4.72. The number of hydrogen-bond donors (Lipinski definition) is 0. The molecule has 160 valence electrons. The summed E-state index contributed by atoms with van der Waals surface area (Å²) >= 11 is 0. The molecular weight excluding hydrogens is 404 g/mol. The predicted octanol–water partition coefficient (Wildman–Crippen LogP) is 4.78. The first-order valence-corrected chi connectivity index (χ1v) is 9.76. The van der Waals surface area contributed by atoms with Gasteiger partial charge in [0.1, 0.15) is 60.3 Å². The van der Waals surface area contributed by atoms with Gasteiger partial charge >= 0.3 is 0 Å². The molecule has 3 aromatic rings. The Hall–Kier alpha value is -3.61. The number of hydrogen-bond acceptors (Lipinski definition) is 5. The zero-order valence-electron chi connectivity index (χ0n) is 16.9. The number of aliphatic imine (C=N–C) groups is 1. The van der Waals surface area contributed by atoms with Crippen molar-refractivity contribution >= 4 is 5.90 Å². The van der Waals surface area contributed by atoms with Crippen molar-refractivity contribution in [2.75, 3.05) is 20.3 Å². The molecule has 0 saturated carbocycles. The van der Waals surface area contributed by atoms with Crippen molar-refractivity contribution in [3.8, 4) is 17.2 Å². The van der Waals surface area contributed by atoms with E-state index in [4.69, 9.17) is 18.9 Å². The van der Waals surface area contributed by atoms with Gasteiger partial charge in [0.05, 0.1) is 7.11 Å². The van der Waals surface area contributed by atoms with Crippen LogP contribution in [0.25, 0.3) is 0 Å². The average Bonchev–Trinajstić information content (AvgIpc) is 3.26. The van der Waals surface area contributed by atoms with Crippen LogP contribution >= 0.6 is 0 Å². The van der Waals surface area contributed by atoms with Crippen LogP contribution in [-0.2, 0) is 11.3 Å². The molecule has 0 aliphatic carbocycles.